The minimum absolute atomic E-state index is 0.0751. The molecule has 2 unspecified atom stereocenters. The molecular weight excluding hydrogens is 262 g/mol. The van der Waals surface area contributed by atoms with Crippen LogP contribution in [0.1, 0.15) is 12.1 Å². The second kappa shape index (κ2) is 5.24. The highest BCUT2D eigenvalue weighted by Crippen LogP contribution is 2.23. The number of fused-ring (bicyclic) bond motifs is 1. The van der Waals surface area contributed by atoms with Crippen LogP contribution < -0.4 is 0 Å². The number of morpholine rings is 1. The molecule has 0 aromatic carbocycles. The molecular formula is C13H17N3O4. The molecule has 1 N–H and O–H groups in total. The fourth-order valence-electron chi connectivity index (χ4n) is 2.89. The van der Waals surface area contributed by atoms with Crippen molar-refractivity contribution in [2.45, 2.75) is 25.4 Å². The van der Waals surface area contributed by atoms with Gasteiger partial charge in [-0.05, 0) is 6.42 Å². The molecule has 1 amide bonds. The van der Waals surface area contributed by atoms with Crippen LogP contribution in [0.4, 0.5) is 0 Å². The van der Waals surface area contributed by atoms with Crippen LogP contribution in [0.2, 0.25) is 0 Å². The molecule has 0 bridgehead atoms. The molecule has 7 nitrogen and oxygen atoms in total. The Balaban J connectivity index is 1.73. The number of hydrogen-bond donors (Lipinski definition) is 1. The number of aromatic nitrogens is 2. The van der Waals surface area contributed by atoms with Crippen molar-refractivity contribution >= 4 is 11.9 Å². The van der Waals surface area contributed by atoms with Crippen LogP contribution in [-0.2, 0) is 27.3 Å². The lowest BCUT2D eigenvalue weighted by Crippen LogP contribution is -2.54. The van der Waals surface area contributed by atoms with Crippen LogP contribution >= 0.6 is 0 Å². The average molecular weight is 279 g/mol. The van der Waals surface area contributed by atoms with E-state index in [2.05, 4.69) is 4.98 Å². The lowest BCUT2D eigenvalue weighted by atomic mass is 9.94. The molecule has 7 heteroatoms. The van der Waals surface area contributed by atoms with Crippen molar-refractivity contribution in [3.63, 3.8) is 0 Å². The first kappa shape index (κ1) is 13.1. The van der Waals surface area contributed by atoms with Gasteiger partial charge in [-0.3, -0.25) is 4.79 Å². The van der Waals surface area contributed by atoms with Crippen LogP contribution in [0.25, 0.3) is 0 Å². The van der Waals surface area contributed by atoms with Crippen LogP contribution in [0.5, 0.6) is 0 Å². The minimum atomic E-state index is -1.00. The Morgan fingerprint density at radius 3 is 3.05 bits per heavy atom. The van der Waals surface area contributed by atoms with Gasteiger partial charge >= 0.3 is 5.97 Å². The number of hydrogen-bond acceptors (Lipinski definition) is 4. The summed E-state index contributed by atoms with van der Waals surface area (Å²) in [7, 11) is 0. The van der Waals surface area contributed by atoms with Gasteiger partial charge in [0.05, 0.1) is 19.5 Å². The second-order valence-corrected chi connectivity index (χ2v) is 5.23. The summed E-state index contributed by atoms with van der Waals surface area (Å²) in [5.41, 5.74) is 1.04. The highest BCUT2D eigenvalue weighted by molar-refractivity contribution is 5.85. The molecule has 2 atom stereocenters. The number of carboxylic acids is 1. The molecule has 0 aliphatic carbocycles. The summed E-state index contributed by atoms with van der Waals surface area (Å²) in [5, 5.41) is 9.19. The van der Waals surface area contributed by atoms with E-state index < -0.39 is 12.0 Å². The van der Waals surface area contributed by atoms with Gasteiger partial charge in [0.15, 0.2) is 6.04 Å². The van der Waals surface area contributed by atoms with Crippen molar-refractivity contribution < 1.29 is 19.4 Å². The molecule has 1 aromatic heterocycles. The summed E-state index contributed by atoms with van der Waals surface area (Å²) in [4.78, 5) is 29.3. The van der Waals surface area contributed by atoms with Gasteiger partial charge in [0.25, 0.3) is 0 Å². The largest absolute Gasteiger partial charge is 0.480 e. The van der Waals surface area contributed by atoms with E-state index in [9.17, 15) is 14.7 Å². The number of carbonyl (C=O) groups excluding carboxylic acids is 1. The van der Waals surface area contributed by atoms with Crippen molar-refractivity contribution in [2.24, 2.45) is 5.92 Å². The van der Waals surface area contributed by atoms with E-state index in [1.54, 1.807) is 12.5 Å². The summed E-state index contributed by atoms with van der Waals surface area (Å²) in [5.74, 6) is -1.23. The SMILES string of the molecule is O=C(O)C1COCCN1C(=O)C1CCn2cncc2C1. The van der Waals surface area contributed by atoms with Crippen molar-refractivity contribution in [3.05, 3.63) is 18.2 Å². The van der Waals surface area contributed by atoms with E-state index in [1.165, 1.54) is 4.90 Å². The Kier molecular flexibility index (Phi) is 3.43. The van der Waals surface area contributed by atoms with Gasteiger partial charge in [0, 0.05) is 37.3 Å². The lowest BCUT2D eigenvalue weighted by molar-refractivity contribution is -0.160. The predicted molar refractivity (Wildman–Crippen MR) is 68.0 cm³/mol. The second-order valence-electron chi connectivity index (χ2n) is 5.23. The first-order chi connectivity index (χ1) is 9.66. The first-order valence-corrected chi connectivity index (χ1v) is 6.77. The molecule has 1 fully saturated rings. The number of amides is 1. The zero-order chi connectivity index (χ0) is 14.1. The van der Waals surface area contributed by atoms with E-state index in [0.29, 0.717) is 19.6 Å². The third-order valence-electron chi connectivity index (χ3n) is 4.02. The van der Waals surface area contributed by atoms with Crippen LogP contribution in [0.15, 0.2) is 12.5 Å². The van der Waals surface area contributed by atoms with Crippen LogP contribution in [-0.4, -0.2) is 57.2 Å². The fraction of sp³-hybridized carbons (Fsp3) is 0.615. The molecule has 0 saturated carbocycles. The van der Waals surface area contributed by atoms with E-state index in [-0.39, 0.29) is 18.4 Å². The van der Waals surface area contributed by atoms with Crippen molar-refractivity contribution in [2.75, 3.05) is 19.8 Å². The predicted octanol–water partition coefficient (Wildman–Crippen LogP) is -0.243. The Bertz CT molecular complexity index is 527. The molecule has 1 saturated heterocycles. The molecule has 20 heavy (non-hydrogen) atoms. The summed E-state index contributed by atoms with van der Waals surface area (Å²) in [6, 6.07) is -0.858. The summed E-state index contributed by atoms with van der Waals surface area (Å²) in [6.45, 7) is 1.59. The van der Waals surface area contributed by atoms with E-state index in [4.69, 9.17) is 4.74 Å². The Labute approximate surface area is 116 Å². The molecule has 1 aromatic rings. The van der Waals surface area contributed by atoms with E-state index in [1.807, 2.05) is 4.57 Å². The van der Waals surface area contributed by atoms with E-state index in [0.717, 1.165) is 18.7 Å². The standard InChI is InChI=1S/C13H17N3O4/c17-12(16-3-4-20-7-11(16)13(18)19)9-1-2-15-8-14-6-10(15)5-9/h6,8-9,11H,1-5,7H2,(H,18,19). The maximum Gasteiger partial charge on any atom is 0.328 e. The zero-order valence-electron chi connectivity index (χ0n) is 11.1. The number of rotatable bonds is 2. The van der Waals surface area contributed by atoms with Crippen molar-refractivity contribution in [1.29, 1.82) is 0 Å². The number of carbonyl (C=O) groups is 2. The Morgan fingerprint density at radius 2 is 2.25 bits per heavy atom. The number of aryl methyl sites for hydroxylation is 1. The lowest BCUT2D eigenvalue weighted by Gasteiger charge is -2.36. The summed E-state index contributed by atoms with van der Waals surface area (Å²) >= 11 is 0. The molecule has 108 valence electrons. The minimum Gasteiger partial charge on any atom is -0.480 e. The molecule has 3 heterocycles. The number of nitrogens with zero attached hydrogens (tertiary/aromatic N) is 3. The molecule has 0 radical (unpaired) electrons. The number of carboxylic acid groups (broad SMARTS) is 1. The van der Waals surface area contributed by atoms with Crippen LogP contribution in [0, 0.1) is 5.92 Å². The van der Waals surface area contributed by atoms with Gasteiger partial charge in [0.2, 0.25) is 5.91 Å². The first-order valence-electron chi connectivity index (χ1n) is 6.77. The normalized spacial score (nSPS) is 26.1. The molecule has 2 aliphatic rings. The topological polar surface area (TPSA) is 84.7 Å². The number of aliphatic carboxylic acids is 1. The quantitative estimate of drug-likeness (QED) is 0.807. The van der Waals surface area contributed by atoms with Gasteiger partial charge in [0.1, 0.15) is 0 Å². The van der Waals surface area contributed by atoms with Gasteiger partial charge < -0.3 is 19.3 Å². The fourth-order valence-corrected chi connectivity index (χ4v) is 2.89. The van der Waals surface area contributed by atoms with Gasteiger partial charge in [-0.25, -0.2) is 9.78 Å². The Hall–Kier alpha value is -1.89. The smallest absolute Gasteiger partial charge is 0.328 e. The summed E-state index contributed by atoms with van der Waals surface area (Å²) in [6.07, 6.45) is 4.90. The van der Waals surface area contributed by atoms with Crippen molar-refractivity contribution in [1.82, 2.24) is 14.5 Å². The molecule has 0 spiro atoms. The molecule has 2 aliphatic heterocycles. The molecule has 3 rings (SSSR count). The highest BCUT2D eigenvalue weighted by atomic mass is 16.5. The van der Waals surface area contributed by atoms with Gasteiger partial charge in [-0.1, -0.05) is 0 Å². The highest BCUT2D eigenvalue weighted by Gasteiger charge is 2.37. The summed E-state index contributed by atoms with van der Waals surface area (Å²) < 4.78 is 7.21. The van der Waals surface area contributed by atoms with Gasteiger partial charge in [-0.15, -0.1) is 0 Å². The third-order valence-corrected chi connectivity index (χ3v) is 4.02. The maximum absolute atomic E-state index is 12.6. The maximum atomic E-state index is 12.6. The van der Waals surface area contributed by atoms with Crippen LogP contribution in [0.3, 0.4) is 0 Å². The number of imidazole rings is 1. The number of ether oxygens (including phenoxy) is 1. The Morgan fingerprint density at radius 1 is 1.40 bits per heavy atom. The third kappa shape index (κ3) is 2.29. The van der Waals surface area contributed by atoms with Gasteiger partial charge in [-0.2, -0.15) is 0 Å². The average Bonchev–Trinajstić information content (AvgIpc) is 2.93. The van der Waals surface area contributed by atoms with Crippen molar-refractivity contribution in [3.8, 4) is 0 Å². The van der Waals surface area contributed by atoms with E-state index >= 15 is 0 Å². The zero-order valence-corrected chi connectivity index (χ0v) is 11.1. The monoisotopic (exact) mass is 279 g/mol.